The van der Waals surface area contributed by atoms with Crippen molar-refractivity contribution >= 4 is 23.2 Å². The molecular weight excluding hydrogens is 279 g/mol. The summed E-state index contributed by atoms with van der Waals surface area (Å²) in [5, 5.41) is 4.88. The molecule has 1 N–H and O–H groups in total. The normalized spacial score (nSPS) is 19.6. The molecule has 0 bridgehead atoms. The summed E-state index contributed by atoms with van der Waals surface area (Å²) < 4.78 is 0. The van der Waals surface area contributed by atoms with Crippen LogP contribution >= 0.6 is 23.2 Å². The highest BCUT2D eigenvalue weighted by Crippen LogP contribution is 2.22. The lowest BCUT2D eigenvalue weighted by molar-refractivity contribution is 0.177. The average molecular weight is 301 g/mol. The minimum Gasteiger partial charge on any atom is -0.315 e. The molecule has 1 aromatic carbocycles. The van der Waals surface area contributed by atoms with Crippen molar-refractivity contribution in [3.8, 4) is 0 Å². The fourth-order valence-corrected chi connectivity index (χ4v) is 3.27. The maximum absolute atomic E-state index is 6.08. The van der Waals surface area contributed by atoms with Gasteiger partial charge in [-0.1, -0.05) is 37.0 Å². The Hall–Kier alpha value is -0.280. The third-order valence-corrected chi connectivity index (χ3v) is 3.89. The molecular formula is C15H22Cl2N2. The van der Waals surface area contributed by atoms with Gasteiger partial charge in [-0.05, 0) is 42.6 Å². The van der Waals surface area contributed by atoms with Crippen LogP contribution in [0.25, 0.3) is 0 Å². The fourth-order valence-electron chi connectivity index (χ4n) is 2.70. The van der Waals surface area contributed by atoms with E-state index in [1.165, 1.54) is 12.0 Å². The zero-order valence-electron chi connectivity index (χ0n) is 11.6. The summed E-state index contributed by atoms with van der Waals surface area (Å²) in [5.41, 5.74) is 1.20. The molecule has 1 atom stereocenters. The van der Waals surface area contributed by atoms with Crippen LogP contribution in [0.1, 0.15) is 25.8 Å². The molecule has 4 heteroatoms. The Balaban J connectivity index is 2.09. The first-order valence-corrected chi connectivity index (χ1v) is 7.70. The van der Waals surface area contributed by atoms with Crippen molar-refractivity contribution in [3.63, 3.8) is 0 Å². The molecule has 1 saturated heterocycles. The van der Waals surface area contributed by atoms with Crippen LogP contribution in [0.4, 0.5) is 0 Å². The first-order valence-electron chi connectivity index (χ1n) is 6.94. The topological polar surface area (TPSA) is 15.3 Å². The van der Waals surface area contributed by atoms with E-state index in [0.29, 0.717) is 12.0 Å². The Morgan fingerprint density at radius 2 is 1.95 bits per heavy atom. The number of hydrogen-bond donors (Lipinski definition) is 1. The molecule has 106 valence electrons. The Morgan fingerprint density at radius 1 is 1.26 bits per heavy atom. The molecule has 19 heavy (non-hydrogen) atoms. The summed E-state index contributed by atoms with van der Waals surface area (Å²) in [6.45, 7) is 8.76. The Labute approximate surface area is 126 Å². The molecule has 1 fully saturated rings. The maximum Gasteiger partial charge on any atom is 0.0424 e. The molecule has 0 aliphatic carbocycles. The summed E-state index contributed by atoms with van der Waals surface area (Å²) in [6.07, 6.45) is 1.22. The van der Waals surface area contributed by atoms with Gasteiger partial charge in [0, 0.05) is 35.7 Å². The zero-order chi connectivity index (χ0) is 13.8. The van der Waals surface area contributed by atoms with Crippen LogP contribution in [0.2, 0.25) is 10.0 Å². The highest BCUT2D eigenvalue weighted by atomic mass is 35.5. The predicted molar refractivity (Wildman–Crippen MR) is 83.0 cm³/mol. The molecule has 1 aliphatic rings. The van der Waals surface area contributed by atoms with Crippen LogP contribution in [0.15, 0.2) is 18.2 Å². The third kappa shape index (κ3) is 4.64. The summed E-state index contributed by atoms with van der Waals surface area (Å²) >= 11 is 12.2. The maximum atomic E-state index is 6.08. The van der Waals surface area contributed by atoms with E-state index in [4.69, 9.17) is 23.2 Å². The standard InChI is InChI=1S/C15H22Cl2N2/c1-11(2)9-19(15-3-4-18-8-15)10-12-5-13(16)7-14(17)6-12/h5-7,11,15,18H,3-4,8-10H2,1-2H3/t15-/m0/s1. The van der Waals surface area contributed by atoms with Gasteiger partial charge in [-0.3, -0.25) is 4.90 Å². The highest BCUT2D eigenvalue weighted by molar-refractivity contribution is 6.34. The van der Waals surface area contributed by atoms with Gasteiger partial charge in [0.05, 0.1) is 0 Å². The molecule has 1 heterocycles. The molecule has 0 unspecified atom stereocenters. The Kier molecular flexibility index (Phi) is 5.52. The molecule has 0 aromatic heterocycles. The summed E-state index contributed by atoms with van der Waals surface area (Å²) in [5.74, 6) is 0.662. The summed E-state index contributed by atoms with van der Waals surface area (Å²) in [4.78, 5) is 2.55. The van der Waals surface area contributed by atoms with Crippen LogP contribution in [0, 0.1) is 5.92 Å². The van der Waals surface area contributed by atoms with Gasteiger partial charge in [0.15, 0.2) is 0 Å². The molecule has 0 saturated carbocycles. The number of hydrogen-bond acceptors (Lipinski definition) is 2. The molecule has 2 rings (SSSR count). The van der Waals surface area contributed by atoms with Crippen molar-refractivity contribution in [2.45, 2.75) is 32.9 Å². The minimum absolute atomic E-state index is 0.625. The lowest BCUT2D eigenvalue weighted by Gasteiger charge is -2.30. The number of halogens is 2. The molecule has 2 nitrogen and oxygen atoms in total. The van der Waals surface area contributed by atoms with E-state index in [1.54, 1.807) is 6.07 Å². The highest BCUT2D eigenvalue weighted by Gasteiger charge is 2.23. The van der Waals surface area contributed by atoms with Gasteiger partial charge in [-0.25, -0.2) is 0 Å². The second kappa shape index (κ2) is 6.94. The third-order valence-electron chi connectivity index (χ3n) is 3.46. The van der Waals surface area contributed by atoms with Crippen molar-refractivity contribution in [2.75, 3.05) is 19.6 Å². The van der Waals surface area contributed by atoms with Crippen molar-refractivity contribution in [3.05, 3.63) is 33.8 Å². The second-order valence-corrected chi connectivity index (χ2v) is 6.62. The molecule has 0 radical (unpaired) electrons. The molecule has 0 spiro atoms. The van der Waals surface area contributed by atoms with E-state index in [0.717, 1.165) is 36.2 Å². The van der Waals surface area contributed by atoms with E-state index in [2.05, 4.69) is 24.1 Å². The SMILES string of the molecule is CC(C)CN(Cc1cc(Cl)cc(Cl)c1)[C@H]1CCNC1. The predicted octanol–water partition coefficient (Wildman–Crippen LogP) is 3.81. The molecule has 1 aromatic rings. The van der Waals surface area contributed by atoms with E-state index >= 15 is 0 Å². The largest absolute Gasteiger partial charge is 0.315 e. The quantitative estimate of drug-likeness (QED) is 0.889. The number of nitrogens with one attached hydrogen (secondary N) is 1. The summed E-state index contributed by atoms with van der Waals surface area (Å²) in [6, 6.07) is 6.45. The summed E-state index contributed by atoms with van der Waals surface area (Å²) in [7, 11) is 0. The van der Waals surface area contributed by atoms with Gasteiger partial charge in [0.1, 0.15) is 0 Å². The first-order chi connectivity index (χ1) is 9.04. The van der Waals surface area contributed by atoms with Gasteiger partial charge in [-0.2, -0.15) is 0 Å². The van der Waals surface area contributed by atoms with Crippen molar-refractivity contribution in [2.24, 2.45) is 5.92 Å². The van der Waals surface area contributed by atoms with E-state index in [-0.39, 0.29) is 0 Å². The van der Waals surface area contributed by atoms with Crippen molar-refractivity contribution in [1.82, 2.24) is 10.2 Å². The minimum atomic E-state index is 0.625. The van der Waals surface area contributed by atoms with Gasteiger partial charge in [0.25, 0.3) is 0 Å². The van der Waals surface area contributed by atoms with Crippen LogP contribution < -0.4 is 5.32 Å². The lowest BCUT2D eigenvalue weighted by Crippen LogP contribution is -2.38. The van der Waals surface area contributed by atoms with Crippen LogP contribution in [-0.4, -0.2) is 30.6 Å². The van der Waals surface area contributed by atoms with Crippen LogP contribution in [0.5, 0.6) is 0 Å². The second-order valence-electron chi connectivity index (χ2n) is 5.75. The number of rotatable bonds is 5. The van der Waals surface area contributed by atoms with Crippen LogP contribution in [-0.2, 0) is 6.54 Å². The monoisotopic (exact) mass is 300 g/mol. The van der Waals surface area contributed by atoms with E-state index in [1.807, 2.05) is 12.1 Å². The van der Waals surface area contributed by atoms with Gasteiger partial charge >= 0.3 is 0 Å². The molecule has 1 aliphatic heterocycles. The molecule has 0 amide bonds. The Morgan fingerprint density at radius 3 is 2.47 bits per heavy atom. The van der Waals surface area contributed by atoms with Crippen LogP contribution in [0.3, 0.4) is 0 Å². The van der Waals surface area contributed by atoms with Gasteiger partial charge in [-0.15, -0.1) is 0 Å². The first kappa shape index (κ1) is 15.1. The van der Waals surface area contributed by atoms with Gasteiger partial charge in [0.2, 0.25) is 0 Å². The van der Waals surface area contributed by atoms with Gasteiger partial charge < -0.3 is 5.32 Å². The lowest BCUT2D eigenvalue weighted by atomic mass is 10.1. The van der Waals surface area contributed by atoms with Crippen molar-refractivity contribution < 1.29 is 0 Å². The average Bonchev–Trinajstić information content (AvgIpc) is 2.79. The van der Waals surface area contributed by atoms with Crippen molar-refractivity contribution in [1.29, 1.82) is 0 Å². The fraction of sp³-hybridized carbons (Fsp3) is 0.600. The smallest absolute Gasteiger partial charge is 0.0424 e. The number of benzene rings is 1. The number of nitrogens with zero attached hydrogens (tertiary/aromatic N) is 1. The van der Waals surface area contributed by atoms with E-state index < -0.39 is 0 Å². The zero-order valence-corrected chi connectivity index (χ0v) is 13.1. The Bertz CT molecular complexity index is 394. The van der Waals surface area contributed by atoms with E-state index in [9.17, 15) is 0 Å².